The smallest absolute Gasteiger partial charge is 0.259 e. The Labute approximate surface area is 161 Å². The zero-order valence-electron chi connectivity index (χ0n) is 14.2. The lowest BCUT2D eigenvalue weighted by Crippen LogP contribution is -2.15. The lowest BCUT2D eigenvalue weighted by molar-refractivity contribution is 0.102. The number of halogens is 2. The predicted molar refractivity (Wildman–Crippen MR) is 104 cm³/mol. The highest BCUT2D eigenvalue weighted by molar-refractivity contribution is 6.31. The van der Waals surface area contributed by atoms with E-state index in [4.69, 9.17) is 23.2 Å². The van der Waals surface area contributed by atoms with E-state index in [-0.39, 0.29) is 23.3 Å². The maximum absolute atomic E-state index is 12.8. The van der Waals surface area contributed by atoms with Gasteiger partial charge in [-0.05, 0) is 42.3 Å². The molecule has 3 rings (SSSR count). The summed E-state index contributed by atoms with van der Waals surface area (Å²) < 4.78 is 1.70. The van der Waals surface area contributed by atoms with Gasteiger partial charge in [0.25, 0.3) is 5.91 Å². The number of rotatable bonds is 4. The average Bonchev–Trinajstić information content (AvgIpc) is 3.03. The van der Waals surface area contributed by atoms with Crippen molar-refractivity contribution in [2.45, 2.75) is 19.8 Å². The molecule has 0 atom stereocenters. The molecule has 0 saturated carbocycles. The number of aromatic hydroxyl groups is 1. The third-order valence-electron chi connectivity index (χ3n) is 3.86. The first kappa shape index (κ1) is 18.3. The normalized spacial score (nSPS) is 11.0. The van der Waals surface area contributed by atoms with Gasteiger partial charge in [0.2, 0.25) is 0 Å². The van der Waals surface area contributed by atoms with Crippen molar-refractivity contribution in [2.75, 3.05) is 5.32 Å². The van der Waals surface area contributed by atoms with Crippen LogP contribution in [0.1, 0.15) is 35.8 Å². The molecule has 0 saturated heterocycles. The molecule has 134 valence electrons. The van der Waals surface area contributed by atoms with Gasteiger partial charge in [0.05, 0.1) is 28.8 Å². The molecule has 2 aromatic carbocycles. The molecule has 7 heteroatoms. The second-order valence-electron chi connectivity index (χ2n) is 6.11. The summed E-state index contributed by atoms with van der Waals surface area (Å²) >= 11 is 12.0. The standard InChI is InChI=1S/C19H17Cl2N3O2/c1-11(2)18-15(10-22-24(18)14-5-3-4-12(20)8-14)19(26)23-16-9-13(21)6-7-17(16)25/h3-11,25H,1-2H3,(H,23,26). The van der Waals surface area contributed by atoms with Gasteiger partial charge in [0.1, 0.15) is 5.75 Å². The molecule has 0 aliphatic carbocycles. The summed E-state index contributed by atoms with van der Waals surface area (Å²) in [6.45, 7) is 3.96. The van der Waals surface area contributed by atoms with Crippen LogP contribution in [0, 0.1) is 0 Å². The predicted octanol–water partition coefficient (Wildman–Crippen LogP) is 5.26. The van der Waals surface area contributed by atoms with Crippen LogP contribution in [0.15, 0.2) is 48.7 Å². The number of nitrogens with zero attached hydrogens (tertiary/aromatic N) is 2. The number of carbonyl (C=O) groups is 1. The fourth-order valence-corrected chi connectivity index (χ4v) is 3.06. The van der Waals surface area contributed by atoms with Crippen LogP contribution in [-0.2, 0) is 0 Å². The summed E-state index contributed by atoms with van der Waals surface area (Å²) in [6, 6.07) is 11.7. The Kier molecular flexibility index (Phi) is 5.20. The third kappa shape index (κ3) is 3.69. The maximum atomic E-state index is 12.8. The molecule has 3 aromatic rings. The first-order chi connectivity index (χ1) is 12.4. The zero-order valence-corrected chi connectivity index (χ0v) is 15.7. The highest BCUT2D eigenvalue weighted by Gasteiger charge is 2.21. The molecular weight excluding hydrogens is 373 g/mol. The van der Waals surface area contributed by atoms with Crippen molar-refractivity contribution >= 4 is 34.8 Å². The van der Waals surface area contributed by atoms with Crippen LogP contribution < -0.4 is 5.32 Å². The fourth-order valence-electron chi connectivity index (χ4n) is 2.70. The Morgan fingerprint density at radius 2 is 1.88 bits per heavy atom. The minimum absolute atomic E-state index is 0.0326. The molecule has 0 bridgehead atoms. The lowest BCUT2D eigenvalue weighted by atomic mass is 10.0. The van der Waals surface area contributed by atoms with E-state index in [1.54, 1.807) is 22.9 Å². The Morgan fingerprint density at radius 3 is 2.58 bits per heavy atom. The largest absolute Gasteiger partial charge is 0.506 e. The van der Waals surface area contributed by atoms with Crippen LogP contribution in [0.3, 0.4) is 0 Å². The van der Waals surface area contributed by atoms with E-state index in [1.165, 1.54) is 18.3 Å². The molecule has 0 aliphatic heterocycles. The van der Waals surface area contributed by atoms with Crippen molar-refractivity contribution in [3.8, 4) is 11.4 Å². The van der Waals surface area contributed by atoms with Gasteiger partial charge in [-0.2, -0.15) is 5.10 Å². The number of phenolic OH excluding ortho intramolecular Hbond substituents is 1. The molecule has 1 heterocycles. The molecule has 26 heavy (non-hydrogen) atoms. The van der Waals surface area contributed by atoms with Gasteiger partial charge in [-0.15, -0.1) is 0 Å². The van der Waals surface area contributed by atoms with E-state index in [0.717, 1.165) is 11.4 Å². The van der Waals surface area contributed by atoms with Crippen LogP contribution in [0.4, 0.5) is 5.69 Å². The summed E-state index contributed by atoms with van der Waals surface area (Å²) in [5.41, 5.74) is 2.17. The molecule has 5 nitrogen and oxygen atoms in total. The molecule has 1 amide bonds. The van der Waals surface area contributed by atoms with E-state index in [1.807, 2.05) is 26.0 Å². The van der Waals surface area contributed by atoms with Gasteiger partial charge in [-0.1, -0.05) is 43.1 Å². The second-order valence-corrected chi connectivity index (χ2v) is 6.98. The fraction of sp³-hybridized carbons (Fsp3) is 0.158. The Hall–Kier alpha value is -2.50. The number of carbonyl (C=O) groups excluding carboxylic acids is 1. The molecule has 2 N–H and O–H groups in total. The van der Waals surface area contributed by atoms with Crippen LogP contribution >= 0.6 is 23.2 Å². The topological polar surface area (TPSA) is 67.2 Å². The highest BCUT2D eigenvalue weighted by Crippen LogP contribution is 2.29. The molecule has 1 aromatic heterocycles. The van der Waals surface area contributed by atoms with E-state index in [2.05, 4.69) is 10.4 Å². The van der Waals surface area contributed by atoms with E-state index >= 15 is 0 Å². The van der Waals surface area contributed by atoms with Crippen molar-refractivity contribution in [1.82, 2.24) is 9.78 Å². The number of hydrogen-bond acceptors (Lipinski definition) is 3. The minimum atomic E-state index is -0.375. The molecule has 0 unspecified atom stereocenters. The number of anilines is 1. The maximum Gasteiger partial charge on any atom is 0.259 e. The van der Waals surface area contributed by atoms with Gasteiger partial charge in [-0.25, -0.2) is 4.68 Å². The van der Waals surface area contributed by atoms with Crippen molar-refractivity contribution in [2.24, 2.45) is 0 Å². The number of nitrogens with one attached hydrogen (secondary N) is 1. The van der Waals surface area contributed by atoms with Crippen LogP contribution in [0.25, 0.3) is 5.69 Å². The Bertz CT molecular complexity index is 967. The van der Waals surface area contributed by atoms with E-state index < -0.39 is 0 Å². The number of aromatic nitrogens is 2. The second kappa shape index (κ2) is 7.40. The lowest BCUT2D eigenvalue weighted by Gasteiger charge is -2.13. The van der Waals surface area contributed by atoms with E-state index in [0.29, 0.717) is 15.6 Å². The van der Waals surface area contributed by atoms with Crippen LogP contribution in [0.5, 0.6) is 5.75 Å². The first-order valence-corrected chi connectivity index (χ1v) is 8.76. The monoisotopic (exact) mass is 389 g/mol. The molecule has 0 spiro atoms. The summed E-state index contributed by atoms with van der Waals surface area (Å²) in [6.07, 6.45) is 1.51. The number of hydrogen-bond donors (Lipinski definition) is 2. The van der Waals surface area contributed by atoms with Crippen molar-refractivity contribution < 1.29 is 9.90 Å². The molecule has 0 fully saturated rings. The molecule has 0 radical (unpaired) electrons. The van der Waals surface area contributed by atoms with Gasteiger partial charge in [0.15, 0.2) is 0 Å². The molecule has 0 aliphatic rings. The van der Waals surface area contributed by atoms with Gasteiger partial charge < -0.3 is 10.4 Å². The quantitative estimate of drug-likeness (QED) is 0.597. The highest BCUT2D eigenvalue weighted by atomic mass is 35.5. The summed E-state index contributed by atoms with van der Waals surface area (Å²) in [7, 11) is 0. The third-order valence-corrected chi connectivity index (χ3v) is 4.33. The number of amides is 1. The van der Waals surface area contributed by atoms with Crippen molar-refractivity contribution in [3.05, 3.63) is 70.0 Å². The zero-order chi connectivity index (χ0) is 18.8. The summed E-state index contributed by atoms with van der Waals surface area (Å²) in [4.78, 5) is 12.8. The van der Waals surface area contributed by atoms with Gasteiger partial charge in [-0.3, -0.25) is 4.79 Å². The van der Waals surface area contributed by atoms with E-state index in [9.17, 15) is 9.90 Å². The van der Waals surface area contributed by atoms with Crippen molar-refractivity contribution in [3.63, 3.8) is 0 Å². The Balaban J connectivity index is 2.00. The van der Waals surface area contributed by atoms with Crippen LogP contribution in [-0.4, -0.2) is 20.8 Å². The van der Waals surface area contributed by atoms with Gasteiger partial charge in [0, 0.05) is 10.0 Å². The molecular formula is C19H17Cl2N3O2. The Morgan fingerprint density at radius 1 is 1.15 bits per heavy atom. The average molecular weight is 390 g/mol. The SMILES string of the molecule is CC(C)c1c(C(=O)Nc2cc(Cl)ccc2O)cnn1-c1cccc(Cl)c1. The number of phenols is 1. The first-order valence-electron chi connectivity index (χ1n) is 8.00. The minimum Gasteiger partial charge on any atom is -0.506 e. The van der Waals surface area contributed by atoms with Crippen LogP contribution in [0.2, 0.25) is 10.0 Å². The van der Waals surface area contributed by atoms with Crippen molar-refractivity contribution in [1.29, 1.82) is 0 Å². The number of benzene rings is 2. The summed E-state index contributed by atoms with van der Waals surface area (Å²) in [5.74, 6) is -0.402. The van der Waals surface area contributed by atoms with Gasteiger partial charge >= 0.3 is 0 Å². The summed E-state index contributed by atoms with van der Waals surface area (Å²) in [5, 5.41) is 18.0.